The molecule has 0 aromatic heterocycles. The smallest absolute Gasteiger partial charge is 0.220 e. The fraction of sp³-hybridized carbons (Fsp3) is 0.364. The SMILES string of the molecule is CC(N)=O.COc1cc2c(c(OC)c1OC)-c1ccc(OC)c(=O)cc1CCC2. The molecule has 1 aliphatic carbocycles. The molecular weight excluding hydrogens is 374 g/mol. The van der Waals surface area contributed by atoms with Gasteiger partial charge in [0.2, 0.25) is 17.1 Å². The molecule has 0 unspecified atom stereocenters. The van der Waals surface area contributed by atoms with Crippen molar-refractivity contribution in [2.75, 3.05) is 28.4 Å². The Morgan fingerprint density at radius 1 is 0.862 bits per heavy atom. The lowest BCUT2D eigenvalue weighted by atomic mass is 9.96. The van der Waals surface area contributed by atoms with E-state index in [1.165, 1.54) is 14.0 Å². The van der Waals surface area contributed by atoms with E-state index in [0.29, 0.717) is 23.0 Å². The van der Waals surface area contributed by atoms with E-state index in [4.69, 9.17) is 18.9 Å². The highest BCUT2D eigenvalue weighted by atomic mass is 16.5. The van der Waals surface area contributed by atoms with Crippen molar-refractivity contribution in [2.45, 2.75) is 26.2 Å². The Balaban J connectivity index is 0.000000687. The van der Waals surface area contributed by atoms with Gasteiger partial charge in [0.15, 0.2) is 17.2 Å². The van der Waals surface area contributed by atoms with Crippen molar-refractivity contribution in [3.63, 3.8) is 0 Å². The largest absolute Gasteiger partial charge is 0.493 e. The van der Waals surface area contributed by atoms with Crippen LogP contribution in [-0.4, -0.2) is 34.3 Å². The molecule has 156 valence electrons. The van der Waals surface area contributed by atoms with Crippen LogP contribution in [-0.2, 0) is 17.6 Å². The summed E-state index contributed by atoms with van der Waals surface area (Å²) in [6.07, 6.45) is 2.62. The van der Waals surface area contributed by atoms with E-state index >= 15 is 0 Å². The maximum Gasteiger partial charge on any atom is 0.220 e. The van der Waals surface area contributed by atoms with Gasteiger partial charge in [0.05, 0.1) is 28.4 Å². The molecule has 0 saturated heterocycles. The average Bonchev–Trinajstić information content (AvgIpc) is 2.94. The second-order valence-electron chi connectivity index (χ2n) is 6.49. The Bertz CT molecular complexity index is 951. The van der Waals surface area contributed by atoms with Gasteiger partial charge in [-0.1, -0.05) is 6.07 Å². The normalized spacial score (nSPS) is 11.6. The maximum atomic E-state index is 12.3. The zero-order valence-corrected chi connectivity index (χ0v) is 17.5. The first-order chi connectivity index (χ1) is 13.9. The summed E-state index contributed by atoms with van der Waals surface area (Å²) in [6.45, 7) is 1.31. The second kappa shape index (κ2) is 9.82. The topological polar surface area (TPSA) is 97.1 Å². The van der Waals surface area contributed by atoms with Gasteiger partial charge in [-0.25, -0.2) is 0 Å². The van der Waals surface area contributed by atoms with Crippen LogP contribution >= 0.6 is 0 Å². The van der Waals surface area contributed by atoms with Crippen LogP contribution < -0.4 is 30.1 Å². The Morgan fingerprint density at radius 2 is 1.45 bits per heavy atom. The molecule has 0 bridgehead atoms. The number of primary amides is 1. The minimum atomic E-state index is -0.333. The molecule has 7 nitrogen and oxygen atoms in total. The van der Waals surface area contributed by atoms with E-state index in [-0.39, 0.29) is 11.3 Å². The number of carbonyl (C=O) groups excluding carboxylic acids is 1. The molecule has 3 rings (SSSR count). The minimum absolute atomic E-state index is 0.119. The van der Waals surface area contributed by atoms with Crippen molar-refractivity contribution in [1.82, 2.24) is 0 Å². The fourth-order valence-corrected chi connectivity index (χ4v) is 3.44. The molecule has 0 radical (unpaired) electrons. The number of carbonyl (C=O) groups is 1. The number of ether oxygens (including phenoxy) is 4. The lowest BCUT2D eigenvalue weighted by Gasteiger charge is -2.19. The number of hydrogen-bond donors (Lipinski definition) is 1. The number of fused-ring (bicyclic) bond motifs is 3. The van der Waals surface area contributed by atoms with Crippen molar-refractivity contribution in [3.8, 4) is 34.1 Å². The number of benzene rings is 1. The number of aryl methyl sites for hydroxylation is 2. The van der Waals surface area contributed by atoms with Crippen LogP contribution in [0.5, 0.6) is 23.0 Å². The van der Waals surface area contributed by atoms with Crippen molar-refractivity contribution in [3.05, 3.63) is 45.6 Å². The molecule has 2 aromatic carbocycles. The summed E-state index contributed by atoms with van der Waals surface area (Å²) in [5.74, 6) is 1.81. The van der Waals surface area contributed by atoms with E-state index in [9.17, 15) is 9.59 Å². The number of nitrogens with two attached hydrogens (primary N) is 1. The van der Waals surface area contributed by atoms with E-state index in [0.717, 1.165) is 41.5 Å². The molecule has 7 heteroatoms. The first-order valence-corrected chi connectivity index (χ1v) is 9.17. The van der Waals surface area contributed by atoms with E-state index in [1.807, 2.05) is 12.1 Å². The van der Waals surface area contributed by atoms with Crippen molar-refractivity contribution < 1.29 is 23.7 Å². The molecule has 2 aromatic rings. The standard InChI is InChI=1S/C20H22O5.C2H5NO/c1-22-16-9-8-14-12(10-15(16)21)6-5-7-13-11-17(23-2)19(24-3)20(25-4)18(13)14;1-2(3)4/h8-11H,5-7H2,1-4H3;1H3,(H2,3,4). The van der Waals surface area contributed by atoms with Crippen molar-refractivity contribution in [1.29, 1.82) is 0 Å². The lowest BCUT2D eigenvalue weighted by molar-refractivity contribution is -0.115. The quantitative estimate of drug-likeness (QED) is 0.846. The molecule has 29 heavy (non-hydrogen) atoms. The summed E-state index contributed by atoms with van der Waals surface area (Å²) in [4.78, 5) is 21.5. The molecule has 0 saturated carbocycles. The van der Waals surface area contributed by atoms with Crippen LogP contribution in [0.25, 0.3) is 11.1 Å². The Labute approximate surface area is 170 Å². The van der Waals surface area contributed by atoms with Crippen LogP contribution in [0.3, 0.4) is 0 Å². The van der Waals surface area contributed by atoms with Crippen LogP contribution in [0.15, 0.2) is 29.1 Å². The first-order valence-electron chi connectivity index (χ1n) is 9.17. The van der Waals surface area contributed by atoms with Crippen molar-refractivity contribution >= 4 is 5.91 Å². The second-order valence-corrected chi connectivity index (χ2v) is 6.49. The highest BCUT2D eigenvalue weighted by molar-refractivity contribution is 5.82. The zero-order chi connectivity index (χ0) is 21.6. The van der Waals surface area contributed by atoms with Crippen LogP contribution in [0.1, 0.15) is 24.5 Å². The van der Waals surface area contributed by atoms with Gasteiger partial charge in [-0.2, -0.15) is 0 Å². The van der Waals surface area contributed by atoms with Crippen LogP contribution in [0, 0.1) is 0 Å². The molecule has 0 fully saturated rings. The molecule has 0 aliphatic heterocycles. The zero-order valence-electron chi connectivity index (χ0n) is 17.5. The van der Waals surface area contributed by atoms with E-state index < -0.39 is 0 Å². The van der Waals surface area contributed by atoms with Crippen molar-refractivity contribution in [2.24, 2.45) is 5.73 Å². The third-order valence-corrected chi connectivity index (χ3v) is 4.59. The van der Waals surface area contributed by atoms with E-state index in [1.54, 1.807) is 33.5 Å². The number of rotatable bonds is 4. The molecule has 1 amide bonds. The van der Waals surface area contributed by atoms with Gasteiger partial charge < -0.3 is 24.7 Å². The van der Waals surface area contributed by atoms with Crippen LogP contribution in [0.2, 0.25) is 0 Å². The molecule has 1 aliphatic rings. The minimum Gasteiger partial charge on any atom is -0.493 e. The fourth-order valence-electron chi connectivity index (χ4n) is 3.44. The summed E-state index contributed by atoms with van der Waals surface area (Å²) in [6, 6.07) is 7.30. The highest BCUT2D eigenvalue weighted by Gasteiger charge is 2.25. The molecule has 2 N–H and O–H groups in total. The number of amides is 1. The van der Waals surface area contributed by atoms with Gasteiger partial charge in [0.25, 0.3) is 0 Å². The predicted octanol–water partition coefficient (Wildman–Crippen LogP) is 2.73. The lowest BCUT2D eigenvalue weighted by Crippen LogP contribution is -2.01. The monoisotopic (exact) mass is 401 g/mol. The predicted molar refractivity (Wildman–Crippen MR) is 111 cm³/mol. The summed E-state index contributed by atoms with van der Waals surface area (Å²) >= 11 is 0. The molecular formula is C22H27NO6. The van der Waals surface area contributed by atoms with Crippen LogP contribution in [0.4, 0.5) is 0 Å². The maximum absolute atomic E-state index is 12.3. The number of hydrogen-bond acceptors (Lipinski definition) is 6. The van der Waals surface area contributed by atoms with E-state index in [2.05, 4.69) is 5.73 Å². The Hall–Kier alpha value is -3.22. The summed E-state index contributed by atoms with van der Waals surface area (Å²) in [5.41, 5.74) is 8.37. The number of methoxy groups -OCH3 is 4. The van der Waals surface area contributed by atoms with Gasteiger partial charge in [-0.15, -0.1) is 0 Å². The first kappa shape index (κ1) is 22.1. The van der Waals surface area contributed by atoms with Gasteiger partial charge in [0.1, 0.15) is 0 Å². The highest BCUT2D eigenvalue weighted by Crippen LogP contribution is 2.48. The van der Waals surface area contributed by atoms with Gasteiger partial charge >= 0.3 is 0 Å². The van der Waals surface area contributed by atoms with Gasteiger partial charge in [-0.3, -0.25) is 9.59 Å². The molecule has 0 spiro atoms. The third kappa shape index (κ3) is 4.80. The molecule has 0 atom stereocenters. The van der Waals surface area contributed by atoms with Gasteiger partial charge in [-0.05, 0) is 54.2 Å². The average molecular weight is 401 g/mol. The summed E-state index contributed by atoms with van der Waals surface area (Å²) in [7, 11) is 6.33. The third-order valence-electron chi connectivity index (χ3n) is 4.59. The summed E-state index contributed by atoms with van der Waals surface area (Å²) < 4.78 is 21.9. The molecule has 0 heterocycles. The summed E-state index contributed by atoms with van der Waals surface area (Å²) in [5, 5.41) is 0. The van der Waals surface area contributed by atoms with Gasteiger partial charge in [0, 0.05) is 12.5 Å². The Kier molecular flexibility index (Phi) is 7.47. The Morgan fingerprint density at radius 3 is 2.00 bits per heavy atom.